The zero-order chi connectivity index (χ0) is 11.8. The van der Waals surface area contributed by atoms with Gasteiger partial charge in [-0.1, -0.05) is 13.8 Å². The largest absolute Gasteiger partial charge is 0.475 e. The summed E-state index contributed by atoms with van der Waals surface area (Å²) in [6, 6.07) is 1.70. The number of carboxylic acids is 1. The fraction of sp³-hybridized carbons (Fsp3) is 0.583. The summed E-state index contributed by atoms with van der Waals surface area (Å²) in [6.07, 6.45) is 2.67. The lowest BCUT2D eigenvalue weighted by Gasteiger charge is -2.05. The van der Waals surface area contributed by atoms with E-state index in [1.807, 2.05) is 0 Å². The van der Waals surface area contributed by atoms with E-state index in [1.54, 1.807) is 6.07 Å². The molecule has 2 N–H and O–H groups in total. The van der Waals surface area contributed by atoms with E-state index >= 15 is 0 Å². The van der Waals surface area contributed by atoms with Gasteiger partial charge in [-0.25, -0.2) is 4.79 Å². The maximum atomic E-state index is 10.8. The van der Waals surface area contributed by atoms with Gasteiger partial charge in [0.25, 0.3) is 0 Å². The summed E-state index contributed by atoms with van der Waals surface area (Å²) < 4.78 is 4.90. The monoisotopic (exact) mass is 223 g/mol. The number of hydrogen-bond donors (Lipinski definition) is 2. The number of nitrogens with one attached hydrogen (secondary N) is 1. The van der Waals surface area contributed by atoms with Crippen molar-refractivity contribution in [3.63, 3.8) is 0 Å². The zero-order valence-electron chi connectivity index (χ0n) is 9.62. The van der Waals surface area contributed by atoms with Crippen molar-refractivity contribution >= 4 is 5.97 Å². The van der Waals surface area contributed by atoms with E-state index in [-0.39, 0.29) is 5.76 Å². The lowest BCUT2D eigenvalue weighted by molar-refractivity contribution is 0.0660. The molecule has 0 bridgehead atoms. The number of furan rings is 1. The topological polar surface area (TPSA) is 62.5 Å². The summed E-state index contributed by atoms with van der Waals surface area (Å²) in [5, 5.41) is 12.1. The molecule has 4 nitrogen and oxygen atoms in total. The molecule has 1 fully saturated rings. The van der Waals surface area contributed by atoms with Crippen LogP contribution in [0.2, 0.25) is 0 Å². The molecular weight excluding hydrogens is 206 g/mol. The van der Waals surface area contributed by atoms with Crippen molar-refractivity contribution in [3.8, 4) is 0 Å². The Morgan fingerprint density at radius 2 is 2.38 bits per heavy atom. The standard InChI is InChI=1S/C12H17NO3/c1-12(2)5-9(12)7-13-6-8-3-4-16-10(8)11(14)15/h3-4,9,13H,5-7H2,1-2H3,(H,14,15). The van der Waals surface area contributed by atoms with Crippen LogP contribution in [0.1, 0.15) is 36.4 Å². The predicted molar refractivity (Wildman–Crippen MR) is 59.3 cm³/mol. The molecule has 1 aromatic rings. The van der Waals surface area contributed by atoms with Crippen LogP contribution in [0.25, 0.3) is 0 Å². The fourth-order valence-corrected chi connectivity index (χ4v) is 1.97. The zero-order valence-corrected chi connectivity index (χ0v) is 9.62. The van der Waals surface area contributed by atoms with Gasteiger partial charge >= 0.3 is 5.97 Å². The molecule has 0 saturated heterocycles. The fourth-order valence-electron chi connectivity index (χ4n) is 1.97. The lowest BCUT2D eigenvalue weighted by atomic mass is 10.1. The van der Waals surface area contributed by atoms with Crippen LogP contribution in [0.4, 0.5) is 0 Å². The second-order valence-electron chi connectivity index (χ2n) is 5.10. The highest BCUT2D eigenvalue weighted by atomic mass is 16.4. The Balaban J connectivity index is 1.81. The third-order valence-corrected chi connectivity index (χ3v) is 3.36. The Labute approximate surface area is 94.6 Å². The van der Waals surface area contributed by atoms with Crippen molar-refractivity contribution in [2.45, 2.75) is 26.8 Å². The summed E-state index contributed by atoms with van der Waals surface area (Å²) in [4.78, 5) is 10.8. The van der Waals surface area contributed by atoms with Gasteiger partial charge in [-0.3, -0.25) is 0 Å². The maximum Gasteiger partial charge on any atom is 0.372 e. The summed E-state index contributed by atoms with van der Waals surface area (Å²) in [6.45, 7) is 6.00. The first-order valence-electron chi connectivity index (χ1n) is 5.51. The molecule has 16 heavy (non-hydrogen) atoms. The maximum absolute atomic E-state index is 10.8. The van der Waals surface area contributed by atoms with Crippen LogP contribution in [0.15, 0.2) is 16.7 Å². The molecule has 1 saturated carbocycles. The van der Waals surface area contributed by atoms with E-state index in [1.165, 1.54) is 12.7 Å². The van der Waals surface area contributed by atoms with E-state index < -0.39 is 5.97 Å². The first-order chi connectivity index (χ1) is 7.50. The molecule has 0 aliphatic heterocycles. The van der Waals surface area contributed by atoms with Crippen LogP contribution in [-0.2, 0) is 6.54 Å². The van der Waals surface area contributed by atoms with Crippen LogP contribution >= 0.6 is 0 Å². The number of carbonyl (C=O) groups is 1. The molecule has 1 atom stereocenters. The third-order valence-electron chi connectivity index (χ3n) is 3.36. The van der Waals surface area contributed by atoms with Gasteiger partial charge < -0.3 is 14.8 Å². The summed E-state index contributed by atoms with van der Waals surface area (Å²) in [7, 11) is 0. The summed E-state index contributed by atoms with van der Waals surface area (Å²) >= 11 is 0. The van der Waals surface area contributed by atoms with E-state index in [9.17, 15) is 4.79 Å². The van der Waals surface area contributed by atoms with Gasteiger partial charge in [0.2, 0.25) is 5.76 Å². The van der Waals surface area contributed by atoms with Gasteiger partial charge in [-0.2, -0.15) is 0 Å². The molecule has 0 aromatic carbocycles. The van der Waals surface area contributed by atoms with E-state index in [0.717, 1.165) is 6.54 Å². The molecule has 0 radical (unpaired) electrons. The van der Waals surface area contributed by atoms with Crippen molar-refractivity contribution in [1.29, 1.82) is 0 Å². The van der Waals surface area contributed by atoms with Gasteiger partial charge in [0, 0.05) is 12.1 Å². The van der Waals surface area contributed by atoms with Gasteiger partial charge in [-0.15, -0.1) is 0 Å². The number of carboxylic acid groups (broad SMARTS) is 1. The number of aromatic carboxylic acids is 1. The van der Waals surface area contributed by atoms with Gasteiger partial charge in [0.05, 0.1) is 6.26 Å². The minimum Gasteiger partial charge on any atom is -0.475 e. The van der Waals surface area contributed by atoms with Gasteiger partial charge in [0.1, 0.15) is 0 Å². The van der Waals surface area contributed by atoms with Crippen molar-refractivity contribution in [3.05, 3.63) is 23.7 Å². The van der Waals surface area contributed by atoms with Crippen molar-refractivity contribution in [2.24, 2.45) is 11.3 Å². The van der Waals surface area contributed by atoms with Gasteiger partial charge in [0.15, 0.2) is 0 Å². The average molecular weight is 223 g/mol. The quantitative estimate of drug-likeness (QED) is 0.802. The van der Waals surface area contributed by atoms with Crippen LogP contribution in [0, 0.1) is 11.3 Å². The van der Waals surface area contributed by atoms with Gasteiger partial charge in [-0.05, 0) is 30.4 Å². The molecule has 0 amide bonds. The van der Waals surface area contributed by atoms with Crippen LogP contribution < -0.4 is 5.32 Å². The summed E-state index contributed by atoms with van der Waals surface area (Å²) in [5.41, 5.74) is 1.17. The second-order valence-corrected chi connectivity index (χ2v) is 5.10. The highest BCUT2D eigenvalue weighted by Gasteiger charge is 2.44. The highest BCUT2D eigenvalue weighted by Crippen LogP contribution is 2.50. The van der Waals surface area contributed by atoms with Crippen LogP contribution in [-0.4, -0.2) is 17.6 Å². The van der Waals surface area contributed by atoms with Crippen molar-refractivity contribution in [2.75, 3.05) is 6.54 Å². The van der Waals surface area contributed by atoms with E-state index in [4.69, 9.17) is 9.52 Å². The smallest absolute Gasteiger partial charge is 0.372 e. The molecule has 1 unspecified atom stereocenters. The Morgan fingerprint density at radius 1 is 1.69 bits per heavy atom. The van der Waals surface area contributed by atoms with E-state index in [2.05, 4.69) is 19.2 Å². The highest BCUT2D eigenvalue weighted by molar-refractivity contribution is 5.86. The molecule has 1 aliphatic rings. The molecule has 1 aliphatic carbocycles. The average Bonchev–Trinajstić information content (AvgIpc) is 2.64. The number of rotatable bonds is 5. The lowest BCUT2D eigenvalue weighted by Crippen LogP contribution is -2.19. The Bertz CT molecular complexity index is 395. The normalized spacial score (nSPS) is 22.0. The molecule has 4 heteroatoms. The second kappa shape index (κ2) is 3.94. The van der Waals surface area contributed by atoms with Crippen molar-refractivity contribution in [1.82, 2.24) is 5.32 Å². The molecule has 88 valence electrons. The third kappa shape index (κ3) is 2.27. The molecule has 2 rings (SSSR count). The predicted octanol–water partition coefficient (Wildman–Crippen LogP) is 2.11. The van der Waals surface area contributed by atoms with E-state index in [0.29, 0.717) is 23.4 Å². The minimum absolute atomic E-state index is 0.0440. The first-order valence-corrected chi connectivity index (χ1v) is 5.51. The summed E-state index contributed by atoms with van der Waals surface area (Å²) in [5.74, 6) is -0.246. The van der Waals surface area contributed by atoms with Crippen LogP contribution in [0.5, 0.6) is 0 Å². The first kappa shape index (κ1) is 11.2. The Kier molecular flexibility index (Phi) is 2.76. The SMILES string of the molecule is CC1(C)CC1CNCc1ccoc1C(=O)O. The number of hydrogen-bond acceptors (Lipinski definition) is 3. The Morgan fingerprint density at radius 3 is 2.94 bits per heavy atom. The molecule has 1 heterocycles. The Hall–Kier alpha value is -1.29. The molecule has 0 spiro atoms. The molecular formula is C12H17NO3. The minimum atomic E-state index is -1.01. The molecule has 1 aromatic heterocycles. The van der Waals surface area contributed by atoms with Crippen molar-refractivity contribution < 1.29 is 14.3 Å². The van der Waals surface area contributed by atoms with Crippen LogP contribution in [0.3, 0.4) is 0 Å².